The average Bonchev–Trinajstić information content (AvgIpc) is 2.49. The topological polar surface area (TPSA) is 39.7 Å². The van der Waals surface area contributed by atoms with Crippen molar-refractivity contribution >= 4 is 11.8 Å². The number of thioether (sulfide) groups is 1. The van der Waals surface area contributed by atoms with Crippen LogP contribution in [-0.4, -0.2) is 37.9 Å². The van der Waals surface area contributed by atoms with Crippen LogP contribution in [0.15, 0.2) is 12.1 Å². The molecule has 5 heteroatoms. The molecule has 20 heavy (non-hydrogen) atoms. The number of rotatable bonds is 7. The molecule has 0 fully saturated rings. The largest absolute Gasteiger partial charge is 0.493 e. The summed E-state index contributed by atoms with van der Waals surface area (Å²) in [5.41, 5.74) is 1.15. The highest BCUT2D eigenvalue weighted by Gasteiger charge is 2.18. The van der Waals surface area contributed by atoms with Gasteiger partial charge >= 0.3 is 0 Å². The van der Waals surface area contributed by atoms with Crippen LogP contribution in [0.3, 0.4) is 0 Å². The van der Waals surface area contributed by atoms with Crippen molar-refractivity contribution in [3.8, 4) is 17.2 Å². The zero-order valence-electron chi connectivity index (χ0n) is 12.4. The van der Waals surface area contributed by atoms with Gasteiger partial charge in [-0.05, 0) is 30.4 Å². The van der Waals surface area contributed by atoms with Gasteiger partial charge in [0, 0.05) is 18.3 Å². The molecule has 0 saturated heterocycles. The van der Waals surface area contributed by atoms with Crippen LogP contribution < -0.4 is 19.5 Å². The molecule has 0 aromatic heterocycles. The van der Waals surface area contributed by atoms with Crippen LogP contribution in [0.25, 0.3) is 0 Å². The summed E-state index contributed by atoms with van der Waals surface area (Å²) in [4.78, 5) is 0. The van der Waals surface area contributed by atoms with E-state index in [4.69, 9.17) is 14.2 Å². The van der Waals surface area contributed by atoms with Crippen molar-refractivity contribution < 1.29 is 14.2 Å². The molecule has 2 rings (SSSR count). The van der Waals surface area contributed by atoms with Gasteiger partial charge < -0.3 is 19.5 Å². The summed E-state index contributed by atoms with van der Waals surface area (Å²) in [6.45, 7) is 6.36. The Kier molecular flexibility index (Phi) is 5.86. The molecular weight excluding hydrogens is 274 g/mol. The first-order chi connectivity index (χ1) is 9.74. The smallest absolute Gasteiger partial charge is 0.203 e. The SMILES string of the molecule is CCSCC(C)NCc1cc(OC)c2c(c1)OCCO2. The average molecular weight is 297 g/mol. The van der Waals surface area contributed by atoms with E-state index in [-0.39, 0.29) is 0 Å². The number of benzene rings is 1. The van der Waals surface area contributed by atoms with Crippen molar-refractivity contribution in [2.24, 2.45) is 0 Å². The first-order valence-corrected chi connectivity index (χ1v) is 8.17. The van der Waals surface area contributed by atoms with Crippen LogP contribution in [0.4, 0.5) is 0 Å². The van der Waals surface area contributed by atoms with E-state index < -0.39 is 0 Å². The van der Waals surface area contributed by atoms with Crippen molar-refractivity contribution in [3.05, 3.63) is 17.7 Å². The first-order valence-electron chi connectivity index (χ1n) is 7.02. The second-order valence-corrected chi connectivity index (χ2v) is 6.08. The van der Waals surface area contributed by atoms with Gasteiger partial charge in [-0.2, -0.15) is 11.8 Å². The number of nitrogens with one attached hydrogen (secondary N) is 1. The molecule has 0 amide bonds. The summed E-state index contributed by atoms with van der Waals surface area (Å²) in [6.07, 6.45) is 0. The number of methoxy groups -OCH3 is 1. The monoisotopic (exact) mass is 297 g/mol. The van der Waals surface area contributed by atoms with E-state index in [1.54, 1.807) is 7.11 Å². The lowest BCUT2D eigenvalue weighted by Gasteiger charge is -2.22. The van der Waals surface area contributed by atoms with E-state index >= 15 is 0 Å². The highest BCUT2D eigenvalue weighted by molar-refractivity contribution is 7.99. The summed E-state index contributed by atoms with van der Waals surface area (Å²) >= 11 is 1.95. The summed E-state index contributed by atoms with van der Waals surface area (Å²) < 4.78 is 16.6. The third kappa shape index (κ3) is 3.96. The van der Waals surface area contributed by atoms with Gasteiger partial charge in [0.25, 0.3) is 0 Å². The minimum Gasteiger partial charge on any atom is -0.493 e. The second-order valence-electron chi connectivity index (χ2n) is 4.76. The zero-order chi connectivity index (χ0) is 14.4. The van der Waals surface area contributed by atoms with Gasteiger partial charge in [0.05, 0.1) is 7.11 Å². The van der Waals surface area contributed by atoms with Crippen molar-refractivity contribution in [3.63, 3.8) is 0 Å². The third-order valence-electron chi connectivity index (χ3n) is 3.11. The van der Waals surface area contributed by atoms with Gasteiger partial charge in [-0.1, -0.05) is 6.92 Å². The molecule has 0 radical (unpaired) electrons. The quantitative estimate of drug-likeness (QED) is 0.838. The molecule has 1 aromatic carbocycles. The number of hydrogen-bond acceptors (Lipinski definition) is 5. The van der Waals surface area contributed by atoms with Gasteiger partial charge in [0.1, 0.15) is 13.2 Å². The Labute approximate surface area is 125 Å². The van der Waals surface area contributed by atoms with E-state index in [9.17, 15) is 0 Å². The Morgan fingerprint density at radius 2 is 2.15 bits per heavy atom. The zero-order valence-corrected chi connectivity index (χ0v) is 13.2. The molecule has 1 atom stereocenters. The van der Waals surface area contributed by atoms with Gasteiger partial charge in [-0.3, -0.25) is 0 Å². The van der Waals surface area contributed by atoms with Crippen molar-refractivity contribution in [1.82, 2.24) is 5.32 Å². The lowest BCUT2D eigenvalue weighted by Crippen LogP contribution is -2.27. The molecule has 1 aromatic rings. The Balaban J connectivity index is 2.01. The first kappa shape index (κ1) is 15.3. The van der Waals surface area contributed by atoms with Crippen LogP contribution in [0.5, 0.6) is 17.2 Å². The summed E-state index contributed by atoms with van der Waals surface area (Å²) in [7, 11) is 1.66. The maximum Gasteiger partial charge on any atom is 0.203 e. The molecule has 4 nitrogen and oxygen atoms in total. The van der Waals surface area contributed by atoms with Gasteiger partial charge in [-0.15, -0.1) is 0 Å². The van der Waals surface area contributed by atoms with Crippen LogP contribution in [-0.2, 0) is 6.54 Å². The van der Waals surface area contributed by atoms with Crippen LogP contribution >= 0.6 is 11.8 Å². The minimum absolute atomic E-state index is 0.485. The normalized spacial score (nSPS) is 14.9. The van der Waals surface area contributed by atoms with Gasteiger partial charge in [0.2, 0.25) is 5.75 Å². The van der Waals surface area contributed by atoms with E-state index in [0.29, 0.717) is 19.3 Å². The van der Waals surface area contributed by atoms with E-state index in [1.165, 1.54) is 0 Å². The minimum atomic E-state index is 0.485. The summed E-state index contributed by atoms with van der Waals surface area (Å²) in [5.74, 6) is 4.52. The predicted octanol–water partition coefficient (Wildman–Crippen LogP) is 2.70. The van der Waals surface area contributed by atoms with Crippen molar-refractivity contribution in [2.75, 3.05) is 31.8 Å². The van der Waals surface area contributed by atoms with Gasteiger partial charge in [0.15, 0.2) is 11.5 Å². The molecular formula is C15H23NO3S. The molecule has 0 bridgehead atoms. The molecule has 0 aliphatic carbocycles. The lowest BCUT2D eigenvalue weighted by molar-refractivity contribution is 0.165. The van der Waals surface area contributed by atoms with Crippen LogP contribution in [0.2, 0.25) is 0 Å². The summed E-state index contributed by atoms with van der Waals surface area (Å²) in [6, 6.07) is 4.53. The number of fused-ring (bicyclic) bond motifs is 1. The highest BCUT2D eigenvalue weighted by Crippen LogP contribution is 2.40. The number of ether oxygens (including phenoxy) is 3. The third-order valence-corrected chi connectivity index (χ3v) is 4.26. The predicted molar refractivity (Wildman–Crippen MR) is 83.3 cm³/mol. The van der Waals surface area contributed by atoms with E-state index in [0.717, 1.165) is 40.9 Å². The summed E-state index contributed by atoms with van der Waals surface area (Å²) in [5, 5.41) is 3.52. The highest BCUT2D eigenvalue weighted by atomic mass is 32.2. The van der Waals surface area contributed by atoms with E-state index in [1.807, 2.05) is 23.9 Å². The molecule has 1 aliphatic heterocycles. The molecule has 1 aliphatic rings. The van der Waals surface area contributed by atoms with Crippen LogP contribution in [0.1, 0.15) is 19.4 Å². The maximum atomic E-state index is 5.64. The Bertz CT molecular complexity index is 422. The van der Waals surface area contributed by atoms with Gasteiger partial charge in [-0.25, -0.2) is 0 Å². The van der Waals surface area contributed by atoms with E-state index in [2.05, 4.69) is 19.2 Å². The maximum absolute atomic E-state index is 5.64. The molecule has 112 valence electrons. The molecule has 1 unspecified atom stereocenters. The fourth-order valence-electron chi connectivity index (χ4n) is 2.08. The van der Waals surface area contributed by atoms with Crippen LogP contribution in [0, 0.1) is 0 Å². The molecule has 0 saturated carbocycles. The van der Waals surface area contributed by atoms with Crippen molar-refractivity contribution in [1.29, 1.82) is 0 Å². The fraction of sp³-hybridized carbons (Fsp3) is 0.600. The Hall–Kier alpha value is -1.07. The van der Waals surface area contributed by atoms with Crippen molar-refractivity contribution in [2.45, 2.75) is 26.4 Å². The molecule has 0 spiro atoms. The Morgan fingerprint density at radius 1 is 1.35 bits per heavy atom. The number of hydrogen-bond donors (Lipinski definition) is 1. The standard InChI is InChI=1S/C15H23NO3S/c1-4-20-10-11(2)16-9-12-7-13(17-3)15-14(8-12)18-5-6-19-15/h7-8,11,16H,4-6,9-10H2,1-3H3. The Morgan fingerprint density at radius 3 is 2.90 bits per heavy atom. The molecule has 1 heterocycles. The lowest BCUT2D eigenvalue weighted by atomic mass is 10.1. The fourth-order valence-corrected chi connectivity index (χ4v) is 2.78. The molecule has 1 N–H and O–H groups in total. The second kappa shape index (κ2) is 7.64.